The average Bonchev–Trinajstić information content (AvgIpc) is 3.00. The van der Waals surface area contributed by atoms with Gasteiger partial charge < -0.3 is 15.2 Å². The van der Waals surface area contributed by atoms with Gasteiger partial charge in [-0.25, -0.2) is 9.48 Å². The summed E-state index contributed by atoms with van der Waals surface area (Å²) in [6, 6.07) is 5.48. The number of benzene rings is 1. The second kappa shape index (κ2) is 8.19. The molecule has 7 nitrogen and oxygen atoms in total. The molecule has 2 rings (SSSR count). The highest BCUT2D eigenvalue weighted by Crippen LogP contribution is 2.33. The van der Waals surface area contributed by atoms with Crippen LogP contribution in [0.2, 0.25) is 5.02 Å². The maximum Gasteiger partial charge on any atom is 0.434 e. The van der Waals surface area contributed by atoms with Crippen molar-refractivity contribution in [3.05, 3.63) is 46.7 Å². The van der Waals surface area contributed by atoms with Gasteiger partial charge in [0.25, 0.3) is 5.91 Å². The van der Waals surface area contributed by atoms with E-state index in [-0.39, 0.29) is 18.8 Å². The van der Waals surface area contributed by atoms with Crippen molar-refractivity contribution in [3.8, 4) is 5.69 Å². The molecule has 0 aliphatic carbocycles. The van der Waals surface area contributed by atoms with E-state index >= 15 is 0 Å². The third-order valence-electron chi connectivity index (χ3n) is 3.11. The molecule has 26 heavy (non-hydrogen) atoms. The monoisotopic (exact) mass is 391 g/mol. The Morgan fingerprint density at radius 1 is 1.27 bits per heavy atom. The van der Waals surface area contributed by atoms with Crippen LogP contribution in [0, 0.1) is 0 Å². The number of hydrogen-bond acceptors (Lipinski definition) is 4. The van der Waals surface area contributed by atoms with E-state index in [1.54, 1.807) is 0 Å². The van der Waals surface area contributed by atoms with E-state index in [1.807, 2.05) is 0 Å². The lowest BCUT2D eigenvalue weighted by Gasteiger charge is -2.13. The number of hydrogen-bond donors (Lipinski definition) is 2. The summed E-state index contributed by atoms with van der Waals surface area (Å²) in [7, 11) is 0. The third kappa shape index (κ3) is 4.96. The number of alkyl halides is 3. The Morgan fingerprint density at radius 3 is 2.50 bits per heavy atom. The normalized spacial score (nSPS) is 11.4. The molecule has 0 radical (unpaired) electrons. The molecule has 1 amide bonds. The summed E-state index contributed by atoms with van der Waals surface area (Å²) in [6.45, 7) is -0.890. The van der Waals surface area contributed by atoms with Crippen molar-refractivity contribution >= 4 is 23.5 Å². The smallest absolute Gasteiger partial charge is 0.434 e. The van der Waals surface area contributed by atoms with Crippen LogP contribution in [-0.4, -0.2) is 46.5 Å². The number of amides is 1. The Labute approximate surface area is 150 Å². The Kier molecular flexibility index (Phi) is 6.22. The van der Waals surface area contributed by atoms with Crippen molar-refractivity contribution in [1.82, 2.24) is 15.1 Å². The zero-order valence-corrected chi connectivity index (χ0v) is 13.8. The van der Waals surface area contributed by atoms with Gasteiger partial charge in [0.1, 0.15) is 6.61 Å². The zero-order chi connectivity index (χ0) is 19.3. The molecule has 140 valence electrons. The van der Waals surface area contributed by atoms with E-state index < -0.39 is 35.9 Å². The van der Waals surface area contributed by atoms with Crippen LogP contribution in [0.3, 0.4) is 0 Å². The molecule has 0 aliphatic rings. The molecule has 2 N–H and O–H groups in total. The third-order valence-corrected chi connectivity index (χ3v) is 3.36. The van der Waals surface area contributed by atoms with Crippen LogP contribution in [0.4, 0.5) is 13.2 Å². The number of aromatic nitrogens is 2. The van der Waals surface area contributed by atoms with Crippen molar-refractivity contribution in [3.63, 3.8) is 0 Å². The minimum Gasteiger partial charge on any atom is -0.480 e. The molecule has 1 heterocycles. The molecule has 0 fully saturated rings. The van der Waals surface area contributed by atoms with Crippen LogP contribution < -0.4 is 5.32 Å². The predicted octanol–water partition coefficient (Wildman–Crippen LogP) is 2.38. The van der Waals surface area contributed by atoms with Crippen LogP contribution >= 0.6 is 11.6 Å². The van der Waals surface area contributed by atoms with Crippen LogP contribution in [0.5, 0.6) is 0 Å². The maximum atomic E-state index is 13.4. The number of nitrogens with zero attached hydrogens (tertiary/aromatic N) is 2. The first-order chi connectivity index (χ1) is 12.2. The molecule has 2 aromatic rings. The van der Waals surface area contributed by atoms with Gasteiger partial charge >= 0.3 is 12.1 Å². The summed E-state index contributed by atoms with van der Waals surface area (Å²) in [5.41, 5.74) is -1.81. The first kappa shape index (κ1) is 19.7. The standard InChI is InChI=1S/C15H13ClF3N3O4/c16-9-1-3-10(4-2-9)22-13(15(17,18)19)11(7-21-22)14(25)20-5-6-26-8-12(23)24/h1-4,7H,5-6,8H2,(H,20,25)(H,23,24). The fraction of sp³-hybridized carbons (Fsp3) is 0.267. The molecule has 0 unspecified atom stereocenters. The van der Waals surface area contributed by atoms with Gasteiger partial charge in [-0.3, -0.25) is 4.79 Å². The van der Waals surface area contributed by atoms with Crippen molar-refractivity contribution in [2.45, 2.75) is 6.18 Å². The molecule has 0 aliphatic heterocycles. The lowest BCUT2D eigenvalue weighted by atomic mass is 10.2. The Balaban J connectivity index is 2.19. The SMILES string of the molecule is O=C(O)COCCNC(=O)c1cnn(-c2ccc(Cl)cc2)c1C(F)(F)F. The minimum absolute atomic E-state index is 0.0885. The predicted molar refractivity (Wildman–Crippen MR) is 84.4 cm³/mol. The highest BCUT2D eigenvalue weighted by Gasteiger charge is 2.40. The van der Waals surface area contributed by atoms with Crippen molar-refractivity contribution in [2.24, 2.45) is 0 Å². The number of rotatable bonds is 7. The summed E-state index contributed by atoms with van der Waals surface area (Å²) < 4.78 is 45.6. The molecule has 0 saturated heterocycles. The van der Waals surface area contributed by atoms with Crippen LogP contribution in [-0.2, 0) is 15.7 Å². The maximum absolute atomic E-state index is 13.4. The summed E-state index contributed by atoms with van der Waals surface area (Å²) >= 11 is 5.72. The molecule has 11 heteroatoms. The molecule has 0 atom stereocenters. The van der Waals surface area contributed by atoms with Gasteiger partial charge in [0.05, 0.1) is 24.1 Å². The lowest BCUT2D eigenvalue weighted by molar-refractivity contribution is -0.143. The van der Waals surface area contributed by atoms with E-state index in [4.69, 9.17) is 21.4 Å². The van der Waals surface area contributed by atoms with Crippen LogP contribution in [0.1, 0.15) is 16.1 Å². The highest BCUT2D eigenvalue weighted by atomic mass is 35.5. The quantitative estimate of drug-likeness (QED) is 0.707. The summed E-state index contributed by atoms with van der Waals surface area (Å²) in [6.07, 6.45) is -4.02. The molecule has 0 bridgehead atoms. The number of carbonyl (C=O) groups excluding carboxylic acids is 1. The number of carbonyl (C=O) groups is 2. The van der Waals surface area contributed by atoms with Gasteiger partial charge in [0.15, 0.2) is 5.69 Å². The van der Waals surface area contributed by atoms with Gasteiger partial charge in [0, 0.05) is 11.6 Å². The average molecular weight is 392 g/mol. The van der Waals surface area contributed by atoms with Crippen LogP contribution in [0.15, 0.2) is 30.5 Å². The van der Waals surface area contributed by atoms with Gasteiger partial charge in [-0.15, -0.1) is 0 Å². The molecular formula is C15H13ClF3N3O4. The van der Waals surface area contributed by atoms with Gasteiger partial charge in [0.2, 0.25) is 0 Å². The van der Waals surface area contributed by atoms with Gasteiger partial charge in [-0.1, -0.05) is 11.6 Å². The number of aliphatic carboxylic acids is 1. The number of ether oxygens (including phenoxy) is 1. The van der Waals surface area contributed by atoms with Gasteiger partial charge in [-0.2, -0.15) is 18.3 Å². The number of halogens is 4. The minimum atomic E-state index is -4.83. The Hall–Kier alpha value is -2.59. The van der Waals surface area contributed by atoms with Crippen molar-refractivity contribution < 1.29 is 32.6 Å². The summed E-state index contributed by atoms with van der Waals surface area (Å²) in [5.74, 6) is -2.20. The molecule has 1 aromatic carbocycles. The fourth-order valence-corrected chi connectivity index (χ4v) is 2.18. The molecule has 1 aromatic heterocycles. The Morgan fingerprint density at radius 2 is 1.92 bits per heavy atom. The number of carboxylic acid groups (broad SMARTS) is 1. The molecule has 0 saturated carbocycles. The van der Waals surface area contributed by atoms with E-state index in [1.165, 1.54) is 24.3 Å². The first-order valence-corrected chi connectivity index (χ1v) is 7.57. The Bertz CT molecular complexity index is 790. The highest BCUT2D eigenvalue weighted by molar-refractivity contribution is 6.30. The van der Waals surface area contributed by atoms with Crippen molar-refractivity contribution in [1.29, 1.82) is 0 Å². The second-order valence-corrected chi connectivity index (χ2v) is 5.43. The lowest BCUT2D eigenvalue weighted by Crippen LogP contribution is -2.30. The summed E-state index contributed by atoms with van der Waals surface area (Å²) in [5, 5.41) is 14.6. The van der Waals surface area contributed by atoms with Gasteiger partial charge in [-0.05, 0) is 24.3 Å². The van der Waals surface area contributed by atoms with Crippen molar-refractivity contribution in [2.75, 3.05) is 19.8 Å². The zero-order valence-electron chi connectivity index (χ0n) is 13.1. The number of nitrogens with one attached hydrogen (secondary N) is 1. The largest absolute Gasteiger partial charge is 0.480 e. The molecule has 0 spiro atoms. The fourth-order valence-electron chi connectivity index (χ4n) is 2.06. The molecular weight excluding hydrogens is 379 g/mol. The second-order valence-electron chi connectivity index (χ2n) is 5.00. The van der Waals surface area contributed by atoms with E-state index in [9.17, 15) is 22.8 Å². The van der Waals surface area contributed by atoms with Crippen LogP contribution in [0.25, 0.3) is 5.69 Å². The van der Waals surface area contributed by atoms with E-state index in [2.05, 4.69) is 10.4 Å². The number of carboxylic acids is 1. The summed E-state index contributed by atoms with van der Waals surface area (Å²) in [4.78, 5) is 22.3. The van der Waals surface area contributed by atoms with E-state index in [0.717, 1.165) is 6.20 Å². The topological polar surface area (TPSA) is 93.4 Å². The van der Waals surface area contributed by atoms with E-state index in [0.29, 0.717) is 9.70 Å². The first-order valence-electron chi connectivity index (χ1n) is 7.19.